The number of benzene rings is 1. The van der Waals surface area contributed by atoms with Crippen LogP contribution in [-0.2, 0) is 12.8 Å². The normalized spacial score (nSPS) is 24.6. The van der Waals surface area contributed by atoms with E-state index in [2.05, 4.69) is 26.0 Å². The Morgan fingerprint density at radius 2 is 1.67 bits per heavy atom. The first-order chi connectivity index (χ1) is 14.7. The van der Waals surface area contributed by atoms with Gasteiger partial charge in [-0.3, -0.25) is 0 Å². The van der Waals surface area contributed by atoms with Gasteiger partial charge in [-0.25, -0.2) is 4.39 Å². The lowest BCUT2D eigenvalue weighted by Crippen LogP contribution is -2.23. The summed E-state index contributed by atoms with van der Waals surface area (Å²) in [7, 11) is 0. The minimum Gasteiger partial charge on any atom is -0.207 e. The molecule has 30 heavy (non-hydrogen) atoms. The zero-order valence-corrected chi connectivity index (χ0v) is 19.7. The van der Waals surface area contributed by atoms with Crippen LogP contribution in [0.3, 0.4) is 0 Å². The number of aryl methyl sites for hydroxylation is 2. The van der Waals surface area contributed by atoms with Crippen LogP contribution in [0.2, 0.25) is 0 Å². The van der Waals surface area contributed by atoms with Gasteiger partial charge in [0.15, 0.2) is 0 Å². The summed E-state index contributed by atoms with van der Waals surface area (Å²) < 4.78 is 14.4. The third-order valence-corrected chi connectivity index (χ3v) is 7.95. The van der Waals surface area contributed by atoms with Crippen molar-refractivity contribution >= 4 is 0 Å². The molecule has 2 aliphatic rings. The predicted octanol–water partition coefficient (Wildman–Crippen LogP) is 9.21. The maximum Gasteiger partial charge on any atom is 0.126 e. The van der Waals surface area contributed by atoms with E-state index in [0.717, 1.165) is 49.0 Å². The number of allylic oxidation sites excluding steroid dienone is 2. The number of unbranched alkanes of at least 4 members (excludes halogenated alkanes) is 3. The molecular weight excluding hydrogens is 367 g/mol. The van der Waals surface area contributed by atoms with E-state index in [9.17, 15) is 4.39 Å². The Bertz CT molecular complexity index is 650. The summed E-state index contributed by atoms with van der Waals surface area (Å²) in [6.07, 6.45) is 23.0. The van der Waals surface area contributed by atoms with Gasteiger partial charge in [0.1, 0.15) is 5.82 Å². The highest BCUT2D eigenvalue weighted by Crippen LogP contribution is 2.41. The van der Waals surface area contributed by atoms with Gasteiger partial charge in [-0.2, -0.15) is 0 Å². The van der Waals surface area contributed by atoms with E-state index < -0.39 is 0 Å². The molecule has 0 bridgehead atoms. The molecule has 1 saturated carbocycles. The van der Waals surface area contributed by atoms with Gasteiger partial charge < -0.3 is 0 Å². The molecule has 1 aromatic rings. The SMILES string of the molecule is CCCCCCc1ccc(CCC2=CCC(C3CCC(CCC)CC3)CC2)cc1F. The van der Waals surface area contributed by atoms with E-state index in [1.54, 1.807) is 11.6 Å². The first kappa shape index (κ1) is 23.6. The molecule has 1 atom stereocenters. The van der Waals surface area contributed by atoms with E-state index in [1.807, 2.05) is 6.07 Å². The highest BCUT2D eigenvalue weighted by molar-refractivity contribution is 5.25. The molecule has 0 nitrogen and oxygen atoms in total. The predicted molar refractivity (Wildman–Crippen MR) is 128 cm³/mol. The van der Waals surface area contributed by atoms with Crippen molar-refractivity contribution in [2.75, 3.05) is 0 Å². The fraction of sp³-hybridized carbons (Fsp3) is 0.724. The molecule has 1 unspecified atom stereocenters. The number of hydrogen-bond donors (Lipinski definition) is 0. The Balaban J connectivity index is 1.40. The Kier molecular flexibility index (Phi) is 9.95. The van der Waals surface area contributed by atoms with E-state index >= 15 is 0 Å². The summed E-state index contributed by atoms with van der Waals surface area (Å²) in [5.74, 6) is 2.94. The fourth-order valence-corrected chi connectivity index (χ4v) is 5.92. The minimum absolute atomic E-state index is 0.0142. The van der Waals surface area contributed by atoms with E-state index in [0.29, 0.717) is 0 Å². The molecule has 168 valence electrons. The second-order valence-corrected chi connectivity index (χ2v) is 10.2. The molecule has 0 radical (unpaired) electrons. The number of halogens is 1. The zero-order chi connectivity index (χ0) is 21.2. The Morgan fingerprint density at radius 1 is 0.833 bits per heavy atom. The summed E-state index contributed by atoms with van der Waals surface area (Å²) in [5, 5.41) is 0. The maximum atomic E-state index is 14.4. The molecule has 0 spiro atoms. The van der Waals surface area contributed by atoms with Crippen LogP contribution in [0.1, 0.15) is 115 Å². The van der Waals surface area contributed by atoms with Crippen LogP contribution in [-0.4, -0.2) is 0 Å². The van der Waals surface area contributed by atoms with Gasteiger partial charge in [-0.1, -0.05) is 82.6 Å². The van der Waals surface area contributed by atoms with Gasteiger partial charge in [0.05, 0.1) is 0 Å². The second kappa shape index (κ2) is 12.7. The monoisotopic (exact) mass is 412 g/mol. The van der Waals surface area contributed by atoms with Crippen molar-refractivity contribution < 1.29 is 4.39 Å². The molecule has 0 aliphatic heterocycles. The van der Waals surface area contributed by atoms with Gasteiger partial charge in [0.2, 0.25) is 0 Å². The molecule has 0 aromatic heterocycles. The van der Waals surface area contributed by atoms with Crippen molar-refractivity contribution in [3.63, 3.8) is 0 Å². The number of rotatable bonds is 11. The largest absolute Gasteiger partial charge is 0.207 e. The van der Waals surface area contributed by atoms with E-state index in [4.69, 9.17) is 0 Å². The molecule has 0 saturated heterocycles. The lowest BCUT2D eigenvalue weighted by molar-refractivity contribution is 0.186. The third kappa shape index (κ3) is 7.24. The molecule has 3 rings (SSSR count). The zero-order valence-electron chi connectivity index (χ0n) is 19.7. The highest BCUT2D eigenvalue weighted by Gasteiger charge is 2.28. The Hall–Kier alpha value is -1.11. The molecule has 1 fully saturated rings. The first-order valence-electron chi connectivity index (χ1n) is 13.1. The van der Waals surface area contributed by atoms with Crippen LogP contribution < -0.4 is 0 Å². The van der Waals surface area contributed by atoms with Crippen LogP contribution in [0.5, 0.6) is 0 Å². The van der Waals surface area contributed by atoms with Crippen molar-refractivity contribution in [3.8, 4) is 0 Å². The van der Waals surface area contributed by atoms with Gasteiger partial charge >= 0.3 is 0 Å². The quantitative estimate of drug-likeness (QED) is 0.251. The molecule has 1 aromatic carbocycles. The minimum atomic E-state index is 0.0142. The highest BCUT2D eigenvalue weighted by atomic mass is 19.1. The molecule has 0 N–H and O–H groups in total. The summed E-state index contributed by atoms with van der Waals surface area (Å²) in [4.78, 5) is 0. The maximum absolute atomic E-state index is 14.4. The molecule has 2 aliphatic carbocycles. The van der Waals surface area contributed by atoms with Crippen LogP contribution in [0.25, 0.3) is 0 Å². The van der Waals surface area contributed by atoms with Crippen LogP contribution in [0.4, 0.5) is 4.39 Å². The van der Waals surface area contributed by atoms with Crippen LogP contribution in [0.15, 0.2) is 29.8 Å². The average Bonchev–Trinajstić information content (AvgIpc) is 2.77. The van der Waals surface area contributed by atoms with Gasteiger partial charge in [-0.15, -0.1) is 0 Å². The summed E-state index contributed by atoms with van der Waals surface area (Å²) in [6.45, 7) is 4.55. The molecular formula is C29H45F. The van der Waals surface area contributed by atoms with E-state index in [-0.39, 0.29) is 5.82 Å². The van der Waals surface area contributed by atoms with Crippen molar-refractivity contribution in [3.05, 3.63) is 46.8 Å². The third-order valence-electron chi connectivity index (χ3n) is 7.95. The fourth-order valence-electron chi connectivity index (χ4n) is 5.92. The van der Waals surface area contributed by atoms with Crippen LogP contribution >= 0.6 is 0 Å². The van der Waals surface area contributed by atoms with Crippen molar-refractivity contribution in [2.45, 2.75) is 117 Å². The smallest absolute Gasteiger partial charge is 0.126 e. The van der Waals surface area contributed by atoms with Crippen molar-refractivity contribution in [2.24, 2.45) is 17.8 Å². The van der Waals surface area contributed by atoms with Crippen molar-refractivity contribution in [1.82, 2.24) is 0 Å². The molecule has 1 heteroatoms. The topological polar surface area (TPSA) is 0 Å². The average molecular weight is 413 g/mol. The van der Waals surface area contributed by atoms with Gasteiger partial charge in [0.25, 0.3) is 0 Å². The van der Waals surface area contributed by atoms with Gasteiger partial charge in [0, 0.05) is 0 Å². The Labute approximate surface area is 185 Å². The summed E-state index contributed by atoms with van der Waals surface area (Å²) in [6, 6.07) is 6.01. The Morgan fingerprint density at radius 3 is 2.33 bits per heavy atom. The summed E-state index contributed by atoms with van der Waals surface area (Å²) >= 11 is 0. The van der Waals surface area contributed by atoms with Crippen LogP contribution in [0, 0.1) is 23.6 Å². The van der Waals surface area contributed by atoms with Gasteiger partial charge in [-0.05, 0) is 92.7 Å². The standard InChI is InChI=1S/C29H45F/c1-3-5-6-7-9-28-21-16-25(22-29(28)30)11-10-24-14-19-27(20-15-24)26-17-12-23(8-4-2)13-18-26/h14,16,21-23,26-27H,3-13,15,17-20H2,1-2H3. The lowest BCUT2D eigenvalue weighted by Gasteiger charge is -2.35. The number of hydrogen-bond acceptors (Lipinski definition) is 0. The lowest BCUT2D eigenvalue weighted by atomic mass is 9.70. The molecule has 0 amide bonds. The first-order valence-corrected chi connectivity index (χ1v) is 13.1. The van der Waals surface area contributed by atoms with Crippen molar-refractivity contribution in [1.29, 1.82) is 0 Å². The summed E-state index contributed by atoms with van der Waals surface area (Å²) in [5.41, 5.74) is 3.69. The molecule has 0 heterocycles. The second-order valence-electron chi connectivity index (χ2n) is 10.2. The van der Waals surface area contributed by atoms with E-state index in [1.165, 1.54) is 82.6 Å².